The monoisotopic (exact) mass is 670 g/mol. The van der Waals surface area contributed by atoms with E-state index in [-0.39, 0.29) is 30.6 Å². The number of fused-ring (bicyclic) bond motifs is 1. The molecule has 11 nitrogen and oxygen atoms in total. The molecule has 16 heteroatoms. The summed E-state index contributed by atoms with van der Waals surface area (Å²) in [6.07, 6.45) is 6.62. The van der Waals surface area contributed by atoms with Gasteiger partial charge in [0.25, 0.3) is 5.91 Å². The molecule has 2 saturated heterocycles. The lowest BCUT2D eigenvalue weighted by Gasteiger charge is -2.33. The van der Waals surface area contributed by atoms with Crippen molar-refractivity contribution >= 4 is 17.5 Å². The molecule has 0 bridgehead atoms. The van der Waals surface area contributed by atoms with E-state index in [0.29, 0.717) is 36.4 Å². The second kappa shape index (κ2) is 16.9. The predicted octanol–water partition coefficient (Wildman–Crippen LogP) is 4.85. The number of halogens is 5. The second-order valence-corrected chi connectivity index (χ2v) is 11.8. The number of nitrogens with zero attached hydrogens (tertiary/aromatic N) is 6. The Bertz CT molecular complexity index is 1440. The Morgan fingerprint density at radius 1 is 1.17 bits per heavy atom. The summed E-state index contributed by atoms with van der Waals surface area (Å²) in [4.78, 5) is 30.7. The number of ether oxygens (including phenoxy) is 1. The van der Waals surface area contributed by atoms with Crippen LogP contribution in [0, 0.1) is 12.8 Å². The first-order valence-electron chi connectivity index (χ1n) is 16.0. The summed E-state index contributed by atoms with van der Waals surface area (Å²) in [5, 5.41) is 14.7. The van der Waals surface area contributed by atoms with Gasteiger partial charge in [-0.15, -0.1) is 0 Å². The fraction of sp³-hybridized carbons (Fsp3) is 0.645. The highest BCUT2D eigenvalue weighted by Crippen LogP contribution is 2.41. The van der Waals surface area contributed by atoms with E-state index in [4.69, 9.17) is 14.8 Å². The number of amides is 2. The van der Waals surface area contributed by atoms with Crippen molar-refractivity contribution in [1.29, 1.82) is 0 Å². The van der Waals surface area contributed by atoms with Crippen molar-refractivity contribution in [2.24, 2.45) is 5.92 Å². The van der Waals surface area contributed by atoms with Crippen molar-refractivity contribution in [2.75, 3.05) is 32.8 Å². The van der Waals surface area contributed by atoms with E-state index in [1.54, 1.807) is 21.5 Å². The van der Waals surface area contributed by atoms with Gasteiger partial charge >= 0.3 is 6.68 Å². The average Bonchev–Trinajstić information content (AvgIpc) is 3.68. The van der Waals surface area contributed by atoms with E-state index in [0.717, 1.165) is 69.9 Å². The van der Waals surface area contributed by atoms with Gasteiger partial charge in [0.2, 0.25) is 11.8 Å². The molecule has 2 amide bonds. The van der Waals surface area contributed by atoms with Crippen LogP contribution in [0.15, 0.2) is 24.5 Å². The van der Waals surface area contributed by atoms with Crippen LogP contribution in [0.2, 0.25) is 0 Å². The number of carbonyl (C=O) groups is 2. The quantitative estimate of drug-likeness (QED) is 0.345. The molecule has 1 saturated carbocycles. The van der Waals surface area contributed by atoms with Crippen molar-refractivity contribution in [3.8, 4) is 0 Å². The molecule has 0 aromatic carbocycles. The topological polar surface area (TPSA) is 119 Å². The predicted molar refractivity (Wildman–Crippen MR) is 163 cm³/mol. The first kappa shape index (κ1) is 36.2. The van der Waals surface area contributed by atoms with Crippen LogP contribution in [0.5, 0.6) is 0 Å². The number of hydrogen-bond donors (Lipinski definition) is 2. The smallest absolute Gasteiger partial charge is 0.379 e. The van der Waals surface area contributed by atoms with Gasteiger partial charge in [0, 0.05) is 58.2 Å². The first-order chi connectivity index (χ1) is 22.5. The third kappa shape index (κ3) is 10.7. The molecule has 47 heavy (non-hydrogen) atoms. The molecule has 3 aromatic rings. The van der Waals surface area contributed by atoms with Gasteiger partial charge < -0.3 is 15.4 Å². The molecule has 3 aromatic heterocycles. The summed E-state index contributed by atoms with van der Waals surface area (Å²) in [5.41, 5.74) is 3.75. The summed E-state index contributed by atoms with van der Waals surface area (Å²) < 4.78 is 65.7. The Morgan fingerprint density at radius 2 is 1.87 bits per heavy atom. The lowest BCUT2D eigenvalue weighted by molar-refractivity contribution is -0.122. The van der Waals surface area contributed by atoms with Crippen LogP contribution in [0.3, 0.4) is 0 Å². The lowest BCUT2D eigenvalue weighted by atomic mass is 9.81. The third-order valence-electron chi connectivity index (χ3n) is 8.50. The van der Waals surface area contributed by atoms with Crippen molar-refractivity contribution in [1.82, 2.24) is 39.9 Å². The second-order valence-electron chi connectivity index (χ2n) is 11.8. The molecule has 1 atom stereocenters. The number of piperidine rings is 1. The molecule has 5 heterocycles. The normalized spacial score (nSPS) is 19.3. The number of alkyl halides is 5. The molecule has 2 N–H and O–H groups in total. The number of aromatic nitrogens is 5. The molecular weight excluding hydrogens is 627 g/mol. The number of carbonyl (C=O) groups excluding carboxylic acids is 2. The van der Waals surface area contributed by atoms with Crippen LogP contribution >= 0.6 is 0 Å². The van der Waals surface area contributed by atoms with Gasteiger partial charge in [0.15, 0.2) is 5.65 Å². The van der Waals surface area contributed by atoms with E-state index in [2.05, 4.69) is 20.6 Å². The SMILES string of the molecule is CCn1nccc1C(=O)NC(c1cn2nc(C)c(CN3CCOCC3)cc2n1)C1CCC(F)(F)CC1.FC(F)F.O=C1CCCCN1. The summed E-state index contributed by atoms with van der Waals surface area (Å²) >= 11 is 0. The van der Waals surface area contributed by atoms with Crippen LogP contribution in [0.25, 0.3) is 5.65 Å². The average molecular weight is 671 g/mol. The Kier molecular flexibility index (Phi) is 13.0. The van der Waals surface area contributed by atoms with Crippen LogP contribution in [-0.4, -0.2) is 86.5 Å². The summed E-state index contributed by atoms with van der Waals surface area (Å²) in [7, 11) is 0. The Hall–Kier alpha value is -3.66. The van der Waals surface area contributed by atoms with E-state index in [1.807, 2.05) is 26.1 Å². The number of hydrogen-bond acceptors (Lipinski definition) is 7. The molecular formula is C31H43F5N8O3. The number of morpholine rings is 1. The maximum atomic E-state index is 13.9. The van der Waals surface area contributed by atoms with Crippen LogP contribution in [0.1, 0.15) is 85.4 Å². The molecule has 2 aliphatic heterocycles. The zero-order valence-electron chi connectivity index (χ0n) is 26.7. The Morgan fingerprint density at radius 3 is 2.47 bits per heavy atom. The van der Waals surface area contributed by atoms with Crippen LogP contribution in [0.4, 0.5) is 22.0 Å². The first-order valence-corrected chi connectivity index (χ1v) is 16.0. The minimum absolute atomic E-state index is 0.148. The lowest BCUT2D eigenvalue weighted by Crippen LogP contribution is -2.38. The highest BCUT2D eigenvalue weighted by Gasteiger charge is 2.39. The van der Waals surface area contributed by atoms with E-state index in [9.17, 15) is 31.5 Å². The number of nitrogens with one attached hydrogen (secondary N) is 2. The van der Waals surface area contributed by atoms with Crippen LogP contribution < -0.4 is 10.6 Å². The highest BCUT2D eigenvalue weighted by atomic mass is 19.4. The molecule has 6 rings (SSSR count). The molecule has 260 valence electrons. The molecule has 3 aliphatic rings. The fourth-order valence-corrected chi connectivity index (χ4v) is 5.93. The van der Waals surface area contributed by atoms with E-state index < -0.39 is 18.6 Å². The molecule has 0 radical (unpaired) electrons. The van der Waals surface area contributed by atoms with E-state index in [1.165, 1.54) is 0 Å². The maximum absolute atomic E-state index is 13.9. The Balaban J connectivity index is 0.000000388. The van der Waals surface area contributed by atoms with Gasteiger partial charge in [-0.25, -0.2) is 18.3 Å². The van der Waals surface area contributed by atoms with Gasteiger partial charge in [0.05, 0.1) is 36.8 Å². The van der Waals surface area contributed by atoms with E-state index >= 15 is 0 Å². The zero-order chi connectivity index (χ0) is 34.0. The number of rotatable bonds is 7. The van der Waals surface area contributed by atoms with Crippen molar-refractivity contribution < 1.29 is 36.3 Å². The van der Waals surface area contributed by atoms with Gasteiger partial charge in [0.1, 0.15) is 5.69 Å². The fourth-order valence-electron chi connectivity index (χ4n) is 5.93. The minimum Gasteiger partial charge on any atom is -0.379 e. The van der Waals surface area contributed by atoms with Gasteiger partial charge in [-0.2, -0.15) is 23.4 Å². The molecule has 1 aliphatic carbocycles. The summed E-state index contributed by atoms with van der Waals surface area (Å²) in [5.74, 6) is -2.87. The van der Waals surface area contributed by atoms with Gasteiger partial charge in [-0.3, -0.25) is 19.2 Å². The van der Waals surface area contributed by atoms with Gasteiger partial charge in [-0.1, -0.05) is 0 Å². The Labute approximate surface area is 270 Å². The van der Waals surface area contributed by atoms with Crippen molar-refractivity contribution in [3.63, 3.8) is 0 Å². The molecule has 3 fully saturated rings. The van der Waals surface area contributed by atoms with Gasteiger partial charge in [-0.05, 0) is 63.1 Å². The number of aryl methyl sites for hydroxylation is 2. The highest BCUT2D eigenvalue weighted by molar-refractivity contribution is 5.92. The largest absolute Gasteiger partial charge is 0.379 e. The summed E-state index contributed by atoms with van der Waals surface area (Å²) in [6.45, 7) is 5.62. The number of imidazole rings is 1. The third-order valence-corrected chi connectivity index (χ3v) is 8.50. The minimum atomic E-state index is -3.67. The maximum Gasteiger partial charge on any atom is 0.379 e. The molecule has 1 unspecified atom stereocenters. The standard InChI is InChI=1S/C25H33F2N7O2.C5H9NO.CHF3/c1-3-33-21(6-9-28-33)24(35)30-23(18-4-7-25(26,27)8-5-18)20-16-34-22(29-20)14-19(17(2)31-34)15-32-10-12-36-13-11-32;7-5-3-1-2-4-6-5;2-1(3)4/h6,9,14,16,18,23H,3-5,7-8,10-13,15H2,1-2H3,(H,30,35);1-4H2,(H,6,7);1H. The van der Waals surface area contributed by atoms with Crippen molar-refractivity contribution in [2.45, 2.75) is 90.5 Å². The molecule has 0 spiro atoms. The zero-order valence-corrected chi connectivity index (χ0v) is 26.7. The summed E-state index contributed by atoms with van der Waals surface area (Å²) in [6, 6.07) is 3.19. The van der Waals surface area contributed by atoms with Crippen molar-refractivity contribution in [3.05, 3.63) is 47.2 Å². The van der Waals surface area contributed by atoms with Crippen LogP contribution in [-0.2, 0) is 22.6 Å².